The highest BCUT2D eigenvalue weighted by Gasteiger charge is 2.33. The number of hydrogen-bond acceptors (Lipinski definition) is 4. The predicted octanol–water partition coefficient (Wildman–Crippen LogP) is 1.99. The van der Waals surface area contributed by atoms with Crippen molar-refractivity contribution in [2.75, 3.05) is 13.2 Å². The van der Waals surface area contributed by atoms with Crippen LogP contribution >= 0.6 is 0 Å². The molecule has 98 valence electrons. The fraction of sp³-hybridized carbons (Fsp3) is 0.500. The number of carbonyl (C=O) groups excluding carboxylic acids is 1. The quantitative estimate of drug-likeness (QED) is 0.815. The van der Waals surface area contributed by atoms with Crippen molar-refractivity contribution in [2.45, 2.75) is 26.4 Å². The van der Waals surface area contributed by atoms with Crippen LogP contribution in [-0.4, -0.2) is 24.3 Å². The minimum atomic E-state index is -0.860. The molecule has 18 heavy (non-hydrogen) atoms. The molecule has 0 fully saturated rings. The third kappa shape index (κ3) is 2.34. The molecule has 4 nitrogen and oxygen atoms in total. The summed E-state index contributed by atoms with van der Waals surface area (Å²) in [5, 5.41) is 10.3. The highest BCUT2D eigenvalue weighted by Crippen LogP contribution is 2.37. The van der Waals surface area contributed by atoms with E-state index in [0.29, 0.717) is 30.9 Å². The molecule has 1 heterocycles. The molecular weight excluding hydrogens is 232 g/mol. The predicted molar refractivity (Wildman–Crippen MR) is 66.4 cm³/mol. The lowest BCUT2D eigenvalue weighted by atomic mass is 9.93. The van der Waals surface area contributed by atoms with E-state index < -0.39 is 12.0 Å². The minimum absolute atomic E-state index is 0.323. The number of para-hydroxylation sites is 1. The van der Waals surface area contributed by atoms with E-state index in [1.807, 2.05) is 19.1 Å². The SMILES string of the molecule is CCOC(=O)C1CCOc2c(C)cccc2C1O. The minimum Gasteiger partial charge on any atom is -0.493 e. The Morgan fingerprint density at radius 2 is 2.33 bits per heavy atom. The number of aliphatic hydroxyl groups is 1. The largest absolute Gasteiger partial charge is 0.493 e. The van der Waals surface area contributed by atoms with Crippen molar-refractivity contribution in [3.05, 3.63) is 29.3 Å². The molecule has 2 unspecified atom stereocenters. The smallest absolute Gasteiger partial charge is 0.312 e. The van der Waals surface area contributed by atoms with Gasteiger partial charge in [0.15, 0.2) is 0 Å². The summed E-state index contributed by atoms with van der Waals surface area (Å²) in [5.41, 5.74) is 1.64. The van der Waals surface area contributed by atoms with E-state index in [0.717, 1.165) is 5.56 Å². The van der Waals surface area contributed by atoms with Gasteiger partial charge in [-0.05, 0) is 25.8 Å². The highest BCUT2D eigenvalue weighted by atomic mass is 16.5. The molecule has 1 N–H and O–H groups in total. The highest BCUT2D eigenvalue weighted by molar-refractivity contribution is 5.74. The zero-order chi connectivity index (χ0) is 13.1. The average molecular weight is 250 g/mol. The second-order valence-corrected chi connectivity index (χ2v) is 4.43. The first-order valence-electron chi connectivity index (χ1n) is 6.22. The molecule has 0 spiro atoms. The Morgan fingerprint density at radius 3 is 3.06 bits per heavy atom. The van der Waals surface area contributed by atoms with Gasteiger partial charge in [-0.3, -0.25) is 4.79 Å². The van der Waals surface area contributed by atoms with Gasteiger partial charge in [0.25, 0.3) is 0 Å². The third-order valence-corrected chi connectivity index (χ3v) is 3.21. The number of hydrogen-bond donors (Lipinski definition) is 1. The van der Waals surface area contributed by atoms with Crippen LogP contribution in [0.4, 0.5) is 0 Å². The fourth-order valence-corrected chi connectivity index (χ4v) is 2.26. The molecule has 0 saturated carbocycles. The van der Waals surface area contributed by atoms with Crippen molar-refractivity contribution in [1.82, 2.24) is 0 Å². The first kappa shape index (κ1) is 12.9. The summed E-state index contributed by atoms with van der Waals surface area (Å²) in [5.74, 6) is -0.215. The van der Waals surface area contributed by atoms with Crippen LogP contribution in [0.3, 0.4) is 0 Å². The van der Waals surface area contributed by atoms with E-state index in [2.05, 4.69) is 0 Å². The van der Waals surface area contributed by atoms with Gasteiger partial charge >= 0.3 is 5.97 Å². The Bertz CT molecular complexity index is 441. The lowest BCUT2D eigenvalue weighted by Crippen LogP contribution is -2.24. The van der Waals surface area contributed by atoms with Crippen LogP contribution in [0.2, 0.25) is 0 Å². The summed E-state index contributed by atoms with van der Waals surface area (Å²) in [6.45, 7) is 4.42. The van der Waals surface area contributed by atoms with Crippen LogP contribution in [0, 0.1) is 12.8 Å². The summed E-state index contributed by atoms with van der Waals surface area (Å²) in [4.78, 5) is 11.8. The Morgan fingerprint density at radius 1 is 1.56 bits per heavy atom. The maximum atomic E-state index is 11.8. The van der Waals surface area contributed by atoms with Crippen molar-refractivity contribution in [3.63, 3.8) is 0 Å². The molecule has 0 aliphatic carbocycles. The van der Waals surface area contributed by atoms with Crippen LogP contribution in [-0.2, 0) is 9.53 Å². The van der Waals surface area contributed by atoms with Crippen LogP contribution in [0.1, 0.15) is 30.6 Å². The molecule has 0 bridgehead atoms. The number of carbonyl (C=O) groups is 1. The molecule has 1 aliphatic rings. The second-order valence-electron chi connectivity index (χ2n) is 4.43. The monoisotopic (exact) mass is 250 g/mol. The maximum Gasteiger partial charge on any atom is 0.312 e. The molecule has 0 aromatic heterocycles. The van der Waals surface area contributed by atoms with E-state index in [1.165, 1.54) is 0 Å². The number of fused-ring (bicyclic) bond motifs is 1. The van der Waals surface area contributed by atoms with Gasteiger partial charge in [0.05, 0.1) is 25.2 Å². The van der Waals surface area contributed by atoms with Gasteiger partial charge in [0, 0.05) is 5.56 Å². The van der Waals surface area contributed by atoms with Gasteiger partial charge in [0.1, 0.15) is 5.75 Å². The van der Waals surface area contributed by atoms with E-state index in [1.54, 1.807) is 13.0 Å². The normalized spacial score (nSPS) is 22.6. The van der Waals surface area contributed by atoms with Crippen LogP contribution in [0.15, 0.2) is 18.2 Å². The molecule has 0 amide bonds. The first-order valence-corrected chi connectivity index (χ1v) is 6.22. The van der Waals surface area contributed by atoms with Crippen LogP contribution < -0.4 is 4.74 Å². The fourth-order valence-electron chi connectivity index (χ4n) is 2.26. The van der Waals surface area contributed by atoms with Crippen LogP contribution in [0.5, 0.6) is 5.75 Å². The van der Waals surface area contributed by atoms with Crippen molar-refractivity contribution in [1.29, 1.82) is 0 Å². The first-order chi connectivity index (χ1) is 8.65. The van der Waals surface area contributed by atoms with Gasteiger partial charge < -0.3 is 14.6 Å². The number of rotatable bonds is 2. The lowest BCUT2D eigenvalue weighted by Gasteiger charge is -2.19. The van der Waals surface area contributed by atoms with Crippen LogP contribution in [0.25, 0.3) is 0 Å². The molecule has 1 aliphatic heterocycles. The zero-order valence-corrected chi connectivity index (χ0v) is 10.7. The standard InChI is InChI=1S/C14H18O4/c1-3-17-14(16)11-7-8-18-13-9(2)5-4-6-10(13)12(11)15/h4-6,11-12,15H,3,7-8H2,1-2H3. The topological polar surface area (TPSA) is 55.8 Å². The third-order valence-electron chi connectivity index (χ3n) is 3.21. The summed E-state index contributed by atoms with van der Waals surface area (Å²) >= 11 is 0. The molecule has 1 aromatic rings. The number of ether oxygens (including phenoxy) is 2. The van der Waals surface area contributed by atoms with Crippen molar-refractivity contribution < 1.29 is 19.4 Å². The summed E-state index contributed by atoms with van der Waals surface area (Å²) in [6, 6.07) is 5.58. The van der Waals surface area contributed by atoms with Crippen molar-refractivity contribution in [3.8, 4) is 5.75 Å². The Kier molecular flexibility index (Phi) is 3.87. The number of benzene rings is 1. The Labute approximate surface area is 107 Å². The molecule has 0 saturated heterocycles. The lowest BCUT2D eigenvalue weighted by molar-refractivity contribution is -0.152. The van der Waals surface area contributed by atoms with E-state index in [9.17, 15) is 9.90 Å². The molecular formula is C14H18O4. The number of esters is 1. The number of aliphatic hydroxyl groups excluding tert-OH is 1. The van der Waals surface area contributed by atoms with E-state index >= 15 is 0 Å². The molecule has 2 rings (SSSR count). The number of aryl methyl sites for hydroxylation is 1. The molecule has 0 radical (unpaired) electrons. The zero-order valence-electron chi connectivity index (χ0n) is 10.7. The van der Waals surface area contributed by atoms with Gasteiger partial charge in [0.2, 0.25) is 0 Å². The van der Waals surface area contributed by atoms with E-state index in [4.69, 9.17) is 9.47 Å². The van der Waals surface area contributed by atoms with Gasteiger partial charge in [-0.25, -0.2) is 0 Å². The summed E-state index contributed by atoms with van der Waals surface area (Å²) in [7, 11) is 0. The molecule has 4 heteroatoms. The maximum absolute atomic E-state index is 11.8. The van der Waals surface area contributed by atoms with Gasteiger partial charge in [-0.1, -0.05) is 18.2 Å². The van der Waals surface area contributed by atoms with Gasteiger partial charge in [-0.15, -0.1) is 0 Å². The molecule has 2 atom stereocenters. The van der Waals surface area contributed by atoms with Crippen molar-refractivity contribution in [2.24, 2.45) is 5.92 Å². The summed E-state index contributed by atoms with van der Waals surface area (Å²) < 4.78 is 10.6. The molecule has 1 aromatic carbocycles. The van der Waals surface area contributed by atoms with E-state index in [-0.39, 0.29) is 5.97 Å². The second kappa shape index (κ2) is 5.40. The average Bonchev–Trinajstić information content (AvgIpc) is 2.51. The van der Waals surface area contributed by atoms with Gasteiger partial charge in [-0.2, -0.15) is 0 Å². The summed E-state index contributed by atoms with van der Waals surface area (Å²) in [6.07, 6.45) is -0.393. The van der Waals surface area contributed by atoms with Crippen molar-refractivity contribution >= 4 is 5.97 Å². The Hall–Kier alpha value is -1.55. The Balaban J connectivity index is 2.32.